The van der Waals surface area contributed by atoms with E-state index in [1.807, 2.05) is 48.5 Å². The number of phenolic OH excluding ortho intramolecular Hbond substituents is 1. The van der Waals surface area contributed by atoms with Crippen LogP contribution in [0.25, 0.3) is 43.6 Å². The molecule has 3 N–H and O–H groups in total. The molecule has 0 unspecified atom stereocenters. The summed E-state index contributed by atoms with van der Waals surface area (Å²) in [6.45, 7) is 0. The highest BCUT2D eigenvalue weighted by Gasteiger charge is 2.41. The molecule has 0 fully saturated rings. The van der Waals surface area contributed by atoms with Gasteiger partial charge in [-0.1, -0.05) is 48.5 Å². The Labute approximate surface area is 191 Å². The minimum atomic E-state index is -0.492. The highest BCUT2D eigenvalue weighted by molar-refractivity contribution is 6.39. The van der Waals surface area contributed by atoms with E-state index in [9.17, 15) is 14.7 Å². The van der Waals surface area contributed by atoms with Crippen molar-refractivity contribution in [3.63, 3.8) is 0 Å². The fourth-order valence-electron chi connectivity index (χ4n) is 4.98. The largest absolute Gasteiger partial charge is 0.507 e. The maximum atomic E-state index is 13.7. The Hall–Kier alpha value is -4.91. The third kappa shape index (κ3) is 2.32. The van der Waals surface area contributed by atoms with Crippen molar-refractivity contribution in [2.45, 2.75) is 0 Å². The predicted molar refractivity (Wildman–Crippen MR) is 131 cm³/mol. The van der Waals surface area contributed by atoms with Crippen LogP contribution in [0.2, 0.25) is 0 Å². The minimum absolute atomic E-state index is 0.0147. The van der Waals surface area contributed by atoms with Gasteiger partial charge in [-0.05, 0) is 24.3 Å². The molecule has 4 aromatic carbocycles. The average molecular weight is 444 g/mol. The van der Waals surface area contributed by atoms with E-state index in [4.69, 9.17) is 0 Å². The monoisotopic (exact) mass is 444 g/mol. The lowest BCUT2D eigenvalue weighted by atomic mass is 9.97. The van der Waals surface area contributed by atoms with Crippen LogP contribution < -0.4 is 0 Å². The number of carbonyl (C=O) groups is 2. The number of para-hydroxylation sites is 3. The van der Waals surface area contributed by atoms with Crippen molar-refractivity contribution in [2.75, 3.05) is 0 Å². The summed E-state index contributed by atoms with van der Waals surface area (Å²) in [6.07, 6.45) is 1.33. The van der Waals surface area contributed by atoms with Crippen molar-refractivity contribution in [1.29, 1.82) is 0 Å². The number of imide groups is 1. The standard InChI is InChI=1S/C27H16N4O3/c32-19-12-6-1-7-14(19)13-28-31-26(33)22-20-15-8-2-4-10-17(15)29-24(20)25-21(23(22)27(31)34)16-9-3-5-11-18(16)30-25/h1-13,29-30,32H/b28-13+. The van der Waals surface area contributed by atoms with Crippen molar-refractivity contribution in [3.8, 4) is 5.75 Å². The van der Waals surface area contributed by atoms with Crippen molar-refractivity contribution in [1.82, 2.24) is 15.0 Å². The zero-order chi connectivity index (χ0) is 23.0. The summed E-state index contributed by atoms with van der Waals surface area (Å²) in [6, 6.07) is 22.1. The molecule has 7 nitrogen and oxygen atoms in total. The summed E-state index contributed by atoms with van der Waals surface area (Å²) >= 11 is 0. The van der Waals surface area contributed by atoms with Crippen LogP contribution in [-0.2, 0) is 0 Å². The Bertz CT molecular complexity index is 1770. The molecule has 6 aromatic rings. The number of aromatic amines is 2. The van der Waals surface area contributed by atoms with Gasteiger partial charge in [0.25, 0.3) is 11.8 Å². The SMILES string of the molecule is O=C1c2c(c3c4ccccc4[nH]c3c3[nH]c4ccccc4c23)C(=O)N1/N=C/c1ccccc1O. The number of phenols is 1. The maximum absolute atomic E-state index is 13.7. The summed E-state index contributed by atoms with van der Waals surface area (Å²) in [5, 5.41) is 18.3. The number of nitrogens with zero attached hydrogens (tertiary/aromatic N) is 2. The van der Waals surface area contributed by atoms with Gasteiger partial charge in [-0.2, -0.15) is 10.1 Å². The third-order valence-electron chi connectivity index (χ3n) is 6.47. The van der Waals surface area contributed by atoms with Crippen molar-refractivity contribution < 1.29 is 14.7 Å². The molecule has 0 radical (unpaired) electrons. The van der Waals surface area contributed by atoms with Gasteiger partial charge in [-0.15, -0.1) is 0 Å². The molecule has 0 saturated heterocycles. The van der Waals surface area contributed by atoms with Crippen LogP contribution in [0, 0.1) is 0 Å². The van der Waals surface area contributed by atoms with Crippen molar-refractivity contribution in [2.24, 2.45) is 5.10 Å². The maximum Gasteiger partial charge on any atom is 0.283 e. The molecule has 0 saturated carbocycles. The second-order valence-corrected chi connectivity index (χ2v) is 8.32. The van der Waals surface area contributed by atoms with E-state index in [1.54, 1.807) is 18.2 Å². The Morgan fingerprint density at radius 1 is 0.706 bits per heavy atom. The zero-order valence-corrected chi connectivity index (χ0v) is 17.7. The van der Waals surface area contributed by atoms with Crippen molar-refractivity contribution >= 4 is 61.6 Å². The van der Waals surface area contributed by atoms with Gasteiger partial charge in [0, 0.05) is 38.1 Å². The van der Waals surface area contributed by atoms with Gasteiger partial charge in [-0.25, -0.2) is 0 Å². The highest BCUT2D eigenvalue weighted by Crippen LogP contribution is 2.43. The summed E-state index contributed by atoms with van der Waals surface area (Å²) in [5.41, 5.74) is 4.39. The molecule has 0 bridgehead atoms. The van der Waals surface area contributed by atoms with Crippen LogP contribution in [0.15, 0.2) is 77.9 Å². The third-order valence-corrected chi connectivity index (χ3v) is 6.47. The number of hydrogen-bond donors (Lipinski definition) is 3. The smallest absolute Gasteiger partial charge is 0.283 e. The summed E-state index contributed by atoms with van der Waals surface area (Å²) in [5.74, 6) is -0.969. The van der Waals surface area contributed by atoms with E-state index in [0.717, 1.165) is 37.8 Å². The van der Waals surface area contributed by atoms with E-state index >= 15 is 0 Å². The molecular weight excluding hydrogens is 428 g/mol. The molecule has 34 heavy (non-hydrogen) atoms. The van der Waals surface area contributed by atoms with Crippen LogP contribution in [0.5, 0.6) is 5.75 Å². The predicted octanol–water partition coefficient (Wildman–Crippen LogP) is 5.29. The van der Waals surface area contributed by atoms with Crippen LogP contribution in [-0.4, -0.2) is 38.1 Å². The molecular formula is C27H16N4O3. The van der Waals surface area contributed by atoms with E-state index in [0.29, 0.717) is 27.5 Å². The molecule has 1 aliphatic rings. The van der Waals surface area contributed by atoms with Crippen LogP contribution in [0.3, 0.4) is 0 Å². The molecule has 2 aromatic heterocycles. The normalized spacial score (nSPS) is 13.9. The van der Waals surface area contributed by atoms with Gasteiger partial charge in [0.1, 0.15) is 5.75 Å². The Balaban J connectivity index is 1.57. The second kappa shape index (κ2) is 6.55. The van der Waals surface area contributed by atoms with Crippen LogP contribution in [0.1, 0.15) is 26.3 Å². The molecule has 162 valence electrons. The molecule has 0 spiro atoms. The number of nitrogens with one attached hydrogen (secondary N) is 2. The fraction of sp³-hybridized carbons (Fsp3) is 0. The van der Waals surface area contributed by atoms with Crippen LogP contribution in [0.4, 0.5) is 0 Å². The van der Waals surface area contributed by atoms with Gasteiger partial charge >= 0.3 is 0 Å². The molecule has 3 heterocycles. The van der Waals surface area contributed by atoms with E-state index in [-0.39, 0.29) is 5.75 Å². The number of fused-ring (bicyclic) bond motifs is 10. The quantitative estimate of drug-likeness (QED) is 0.250. The van der Waals surface area contributed by atoms with Gasteiger partial charge in [0.05, 0.1) is 28.4 Å². The fourth-order valence-corrected chi connectivity index (χ4v) is 4.98. The minimum Gasteiger partial charge on any atom is -0.507 e. The zero-order valence-electron chi connectivity index (χ0n) is 17.7. The Kier molecular flexibility index (Phi) is 3.59. The molecule has 1 aliphatic heterocycles. The van der Waals surface area contributed by atoms with Gasteiger partial charge < -0.3 is 15.1 Å². The number of aromatic nitrogens is 2. The highest BCUT2D eigenvalue weighted by atomic mass is 16.3. The molecule has 0 aliphatic carbocycles. The number of hydrazone groups is 1. The summed E-state index contributed by atoms with van der Waals surface area (Å²) < 4.78 is 0. The van der Waals surface area contributed by atoms with E-state index in [1.165, 1.54) is 12.3 Å². The number of aromatic hydroxyl groups is 1. The Morgan fingerprint density at radius 3 is 1.76 bits per heavy atom. The van der Waals surface area contributed by atoms with Crippen LogP contribution >= 0.6 is 0 Å². The lowest BCUT2D eigenvalue weighted by Gasteiger charge is -2.06. The first kappa shape index (κ1) is 18.6. The molecule has 2 amide bonds. The first-order chi connectivity index (χ1) is 16.6. The van der Waals surface area contributed by atoms with Gasteiger partial charge in [-0.3, -0.25) is 9.59 Å². The first-order valence-corrected chi connectivity index (χ1v) is 10.8. The lowest BCUT2D eigenvalue weighted by molar-refractivity contribution is 0.0661. The number of amides is 2. The van der Waals surface area contributed by atoms with Gasteiger partial charge in [0.2, 0.25) is 0 Å². The number of H-pyrrole nitrogens is 2. The molecule has 7 heteroatoms. The lowest BCUT2D eigenvalue weighted by Crippen LogP contribution is -2.24. The average Bonchev–Trinajstić information content (AvgIpc) is 3.49. The van der Waals surface area contributed by atoms with Crippen molar-refractivity contribution in [3.05, 3.63) is 89.5 Å². The number of hydrogen-bond acceptors (Lipinski definition) is 4. The number of benzene rings is 4. The number of rotatable bonds is 2. The topological polar surface area (TPSA) is 102 Å². The summed E-state index contributed by atoms with van der Waals surface area (Å²) in [7, 11) is 0. The molecule has 0 atom stereocenters. The molecule has 7 rings (SSSR count). The van der Waals surface area contributed by atoms with E-state index in [2.05, 4.69) is 15.1 Å². The summed E-state index contributed by atoms with van der Waals surface area (Å²) in [4.78, 5) is 34.2. The van der Waals surface area contributed by atoms with E-state index < -0.39 is 11.8 Å². The first-order valence-electron chi connectivity index (χ1n) is 10.8. The number of carbonyl (C=O) groups excluding carboxylic acids is 2. The van der Waals surface area contributed by atoms with Gasteiger partial charge in [0.15, 0.2) is 0 Å². The second-order valence-electron chi connectivity index (χ2n) is 8.32. The Morgan fingerprint density at radius 2 is 1.21 bits per heavy atom.